The van der Waals surface area contributed by atoms with Gasteiger partial charge in [-0.3, -0.25) is 4.79 Å². The zero-order valence-electron chi connectivity index (χ0n) is 11.8. The van der Waals surface area contributed by atoms with Crippen molar-refractivity contribution in [2.45, 2.75) is 6.54 Å². The van der Waals surface area contributed by atoms with Gasteiger partial charge in [0.2, 0.25) is 5.91 Å². The Morgan fingerprint density at radius 1 is 1.24 bits per heavy atom. The third kappa shape index (κ3) is 3.49. The van der Waals surface area contributed by atoms with E-state index in [4.69, 9.17) is 25.5 Å². The van der Waals surface area contributed by atoms with E-state index in [1.54, 1.807) is 50.8 Å². The van der Waals surface area contributed by atoms with E-state index in [0.717, 1.165) is 0 Å². The van der Waals surface area contributed by atoms with Crippen LogP contribution >= 0.6 is 11.6 Å². The van der Waals surface area contributed by atoms with Crippen LogP contribution < -0.4 is 14.4 Å². The van der Waals surface area contributed by atoms with E-state index in [1.165, 1.54) is 4.90 Å². The lowest BCUT2D eigenvalue weighted by molar-refractivity contribution is -0.116. The van der Waals surface area contributed by atoms with Crippen LogP contribution in [0.3, 0.4) is 0 Å². The molecular formula is C15H16ClNO4. The second-order valence-corrected chi connectivity index (χ2v) is 4.50. The zero-order chi connectivity index (χ0) is 15.2. The minimum Gasteiger partial charge on any atom is -0.493 e. The van der Waals surface area contributed by atoms with E-state index < -0.39 is 0 Å². The fourth-order valence-corrected chi connectivity index (χ4v) is 2.09. The van der Waals surface area contributed by atoms with Crippen molar-refractivity contribution in [3.05, 3.63) is 42.4 Å². The fourth-order valence-electron chi connectivity index (χ4n) is 1.95. The van der Waals surface area contributed by atoms with Crippen molar-refractivity contribution in [1.29, 1.82) is 0 Å². The molecule has 1 aromatic carbocycles. The van der Waals surface area contributed by atoms with E-state index in [-0.39, 0.29) is 11.8 Å². The van der Waals surface area contributed by atoms with Gasteiger partial charge in [-0.1, -0.05) is 0 Å². The number of alkyl halides is 1. The summed E-state index contributed by atoms with van der Waals surface area (Å²) in [6.45, 7) is 0.300. The second-order valence-electron chi connectivity index (χ2n) is 4.23. The van der Waals surface area contributed by atoms with Gasteiger partial charge in [0.25, 0.3) is 0 Å². The minimum absolute atomic E-state index is 0.116. The summed E-state index contributed by atoms with van der Waals surface area (Å²) < 4.78 is 15.7. The first-order chi connectivity index (χ1) is 10.2. The zero-order valence-corrected chi connectivity index (χ0v) is 12.6. The Balaban J connectivity index is 2.34. The number of ether oxygens (including phenoxy) is 2. The SMILES string of the molecule is COc1ccc(N(Cc2ccco2)C(=O)CCl)cc1OC. The molecule has 112 valence electrons. The molecule has 1 heterocycles. The number of anilines is 1. The number of nitrogens with zero attached hydrogens (tertiary/aromatic N) is 1. The van der Waals surface area contributed by atoms with Crippen LogP contribution in [0.25, 0.3) is 0 Å². The summed E-state index contributed by atoms with van der Waals surface area (Å²) in [6, 6.07) is 8.81. The lowest BCUT2D eigenvalue weighted by Crippen LogP contribution is -2.31. The summed E-state index contributed by atoms with van der Waals surface area (Å²) in [5.41, 5.74) is 0.662. The average Bonchev–Trinajstić information content (AvgIpc) is 3.04. The molecule has 5 nitrogen and oxygen atoms in total. The Hall–Kier alpha value is -2.14. The predicted octanol–water partition coefficient (Wildman–Crippen LogP) is 3.07. The number of carbonyl (C=O) groups is 1. The Kier molecular flexibility index (Phi) is 5.11. The van der Waals surface area contributed by atoms with Gasteiger partial charge in [-0.2, -0.15) is 0 Å². The maximum Gasteiger partial charge on any atom is 0.242 e. The van der Waals surface area contributed by atoms with Gasteiger partial charge < -0.3 is 18.8 Å². The highest BCUT2D eigenvalue weighted by Gasteiger charge is 2.18. The van der Waals surface area contributed by atoms with Gasteiger partial charge in [-0.15, -0.1) is 11.6 Å². The van der Waals surface area contributed by atoms with Crippen molar-refractivity contribution in [3.8, 4) is 11.5 Å². The van der Waals surface area contributed by atoms with Gasteiger partial charge in [0.1, 0.15) is 11.6 Å². The number of hydrogen-bond donors (Lipinski definition) is 0. The minimum atomic E-state index is -0.222. The van der Waals surface area contributed by atoms with Crippen molar-refractivity contribution >= 4 is 23.2 Å². The molecular weight excluding hydrogens is 294 g/mol. The summed E-state index contributed by atoms with van der Waals surface area (Å²) in [4.78, 5) is 13.6. The van der Waals surface area contributed by atoms with Crippen molar-refractivity contribution in [2.75, 3.05) is 25.0 Å². The fraction of sp³-hybridized carbons (Fsp3) is 0.267. The predicted molar refractivity (Wildman–Crippen MR) is 80.2 cm³/mol. The standard InChI is InChI=1S/C15H16ClNO4/c1-19-13-6-5-11(8-14(13)20-2)17(15(18)9-16)10-12-4-3-7-21-12/h3-8H,9-10H2,1-2H3. The number of hydrogen-bond acceptors (Lipinski definition) is 4. The van der Waals surface area contributed by atoms with Crippen LogP contribution in [0.5, 0.6) is 11.5 Å². The first kappa shape index (κ1) is 15.3. The topological polar surface area (TPSA) is 51.9 Å². The first-order valence-corrected chi connectivity index (χ1v) is 6.83. The number of halogens is 1. The molecule has 21 heavy (non-hydrogen) atoms. The molecule has 6 heteroatoms. The number of furan rings is 1. The highest BCUT2D eigenvalue weighted by molar-refractivity contribution is 6.29. The van der Waals surface area contributed by atoms with Gasteiger partial charge in [0.15, 0.2) is 11.5 Å². The molecule has 0 radical (unpaired) electrons. The molecule has 0 aliphatic carbocycles. The molecule has 1 amide bonds. The van der Waals surface area contributed by atoms with Crippen LogP contribution in [0.4, 0.5) is 5.69 Å². The molecule has 0 saturated carbocycles. The highest BCUT2D eigenvalue weighted by Crippen LogP contribution is 2.32. The Morgan fingerprint density at radius 3 is 2.57 bits per heavy atom. The largest absolute Gasteiger partial charge is 0.493 e. The van der Waals surface area contributed by atoms with Gasteiger partial charge in [-0.25, -0.2) is 0 Å². The monoisotopic (exact) mass is 309 g/mol. The molecule has 0 bridgehead atoms. The van der Waals surface area contributed by atoms with Gasteiger partial charge in [0, 0.05) is 11.8 Å². The molecule has 0 aliphatic heterocycles. The molecule has 0 atom stereocenters. The number of carbonyl (C=O) groups excluding carboxylic acids is 1. The maximum absolute atomic E-state index is 12.1. The van der Waals surface area contributed by atoms with Crippen LogP contribution in [0.15, 0.2) is 41.0 Å². The number of amides is 1. The van der Waals surface area contributed by atoms with E-state index >= 15 is 0 Å². The quantitative estimate of drug-likeness (QED) is 0.770. The second kappa shape index (κ2) is 7.04. The molecule has 0 N–H and O–H groups in total. The molecule has 0 aliphatic rings. The number of methoxy groups -OCH3 is 2. The lowest BCUT2D eigenvalue weighted by atomic mass is 10.2. The lowest BCUT2D eigenvalue weighted by Gasteiger charge is -2.22. The van der Waals surface area contributed by atoms with Gasteiger partial charge >= 0.3 is 0 Å². The van der Waals surface area contributed by atoms with E-state index in [0.29, 0.717) is 29.5 Å². The molecule has 0 unspecified atom stereocenters. The van der Waals surface area contributed by atoms with Crippen LogP contribution in [-0.2, 0) is 11.3 Å². The van der Waals surface area contributed by atoms with Crippen molar-refractivity contribution < 1.29 is 18.7 Å². The third-order valence-corrected chi connectivity index (χ3v) is 3.22. The van der Waals surface area contributed by atoms with Crippen LogP contribution in [-0.4, -0.2) is 26.0 Å². The van der Waals surface area contributed by atoms with Crippen molar-refractivity contribution in [1.82, 2.24) is 0 Å². The van der Waals surface area contributed by atoms with Crippen LogP contribution in [0, 0.1) is 0 Å². The first-order valence-electron chi connectivity index (χ1n) is 6.30. The number of rotatable bonds is 6. The highest BCUT2D eigenvalue weighted by atomic mass is 35.5. The normalized spacial score (nSPS) is 10.2. The molecule has 1 aromatic heterocycles. The van der Waals surface area contributed by atoms with Crippen molar-refractivity contribution in [3.63, 3.8) is 0 Å². The molecule has 0 spiro atoms. The number of benzene rings is 1. The summed E-state index contributed by atoms with van der Waals surface area (Å²) in [6.07, 6.45) is 1.56. The summed E-state index contributed by atoms with van der Waals surface area (Å²) in [5.74, 6) is 1.47. The summed E-state index contributed by atoms with van der Waals surface area (Å²) >= 11 is 5.69. The molecule has 0 fully saturated rings. The van der Waals surface area contributed by atoms with Crippen LogP contribution in [0.1, 0.15) is 5.76 Å². The smallest absolute Gasteiger partial charge is 0.242 e. The maximum atomic E-state index is 12.1. The molecule has 2 aromatic rings. The molecule has 0 saturated heterocycles. The van der Waals surface area contributed by atoms with E-state index in [1.807, 2.05) is 0 Å². The van der Waals surface area contributed by atoms with E-state index in [9.17, 15) is 4.79 Å². The van der Waals surface area contributed by atoms with E-state index in [2.05, 4.69) is 0 Å². The third-order valence-electron chi connectivity index (χ3n) is 2.99. The Labute approximate surface area is 128 Å². The Morgan fingerprint density at radius 2 is 2.00 bits per heavy atom. The van der Waals surface area contributed by atoms with Crippen LogP contribution in [0.2, 0.25) is 0 Å². The van der Waals surface area contributed by atoms with Crippen molar-refractivity contribution in [2.24, 2.45) is 0 Å². The summed E-state index contributed by atoms with van der Waals surface area (Å²) in [7, 11) is 3.10. The van der Waals surface area contributed by atoms with Gasteiger partial charge in [-0.05, 0) is 24.3 Å². The summed E-state index contributed by atoms with van der Waals surface area (Å²) in [5, 5.41) is 0. The van der Waals surface area contributed by atoms with Gasteiger partial charge in [0.05, 0.1) is 27.0 Å². The average molecular weight is 310 g/mol. The Bertz CT molecular complexity index is 598. The molecule has 2 rings (SSSR count).